The number of nitrogens with one attached hydrogen (secondary N) is 1. The van der Waals surface area contributed by atoms with Gasteiger partial charge < -0.3 is 14.8 Å². The van der Waals surface area contributed by atoms with Gasteiger partial charge in [-0.2, -0.15) is 0 Å². The van der Waals surface area contributed by atoms with Crippen LogP contribution in [-0.2, 0) is 0 Å². The molecule has 0 saturated heterocycles. The Hall–Kier alpha value is -1.23. The number of hydrogen-bond acceptors (Lipinski definition) is 3. The Morgan fingerprint density at radius 3 is 2.21 bits per heavy atom. The monoisotopic (exact) mass is 327 g/mol. The van der Waals surface area contributed by atoms with E-state index in [9.17, 15) is 4.79 Å². The van der Waals surface area contributed by atoms with Gasteiger partial charge >= 0.3 is 0 Å². The summed E-state index contributed by atoms with van der Waals surface area (Å²) in [5, 5.41) is 3.89. The molecular weight excluding hydrogens is 310 g/mol. The number of rotatable bonds is 5. The predicted octanol–water partition coefficient (Wildman–Crippen LogP) is 2.75. The summed E-state index contributed by atoms with van der Waals surface area (Å²) in [6.07, 6.45) is 3.20. The fraction of sp³-hybridized carbons (Fsp3) is 0.500. The fourth-order valence-electron chi connectivity index (χ4n) is 2.15. The van der Waals surface area contributed by atoms with Gasteiger partial charge in [-0.25, -0.2) is 0 Å². The van der Waals surface area contributed by atoms with Gasteiger partial charge in [0.1, 0.15) is 11.5 Å². The van der Waals surface area contributed by atoms with Crippen molar-refractivity contribution in [2.75, 3.05) is 19.5 Å². The number of benzene rings is 1. The largest absolute Gasteiger partial charge is 0.497 e. The summed E-state index contributed by atoms with van der Waals surface area (Å²) >= 11 is 3.48. The Morgan fingerprint density at radius 1 is 1.26 bits per heavy atom. The Morgan fingerprint density at radius 2 is 1.84 bits per heavy atom. The van der Waals surface area contributed by atoms with Crippen LogP contribution in [0, 0.1) is 0 Å². The van der Waals surface area contributed by atoms with Crippen LogP contribution in [0.5, 0.6) is 11.5 Å². The highest BCUT2D eigenvalue weighted by Crippen LogP contribution is 2.34. The number of alkyl halides is 1. The summed E-state index contributed by atoms with van der Waals surface area (Å²) in [7, 11) is 3.14. The molecule has 1 fully saturated rings. The van der Waals surface area contributed by atoms with Crippen LogP contribution in [0.2, 0.25) is 0 Å². The lowest BCUT2D eigenvalue weighted by molar-refractivity contribution is 0.0855. The molecule has 1 aromatic rings. The van der Waals surface area contributed by atoms with E-state index in [4.69, 9.17) is 9.47 Å². The third kappa shape index (κ3) is 3.03. The van der Waals surface area contributed by atoms with Gasteiger partial charge in [-0.05, 0) is 31.4 Å². The number of ether oxygens (including phenoxy) is 2. The summed E-state index contributed by atoms with van der Waals surface area (Å²) in [5.41, 5.74) is 0.469. The van der Waals surface area contributed by atoms with Crippen molar-refractivity contribution in [2.45, 2.75) is 24.8 Å². The summed E-state index contributed by atoms with van der Waals surface area (Å²) in [6, 6.07) is 5.19. The normalized spacial score (nSPS) is 16.4. The topological polar surface area (TPSA) is 47.6 Å². The highest BCUT2D eigenvalue weighted by Gasteiger charge is 2.37. The van der Waals surface area contributed by atoms with E-state index in [2.05, 4.69) is 21.2 Å². The van der Waals surface area contributed by atoms with Crippen molar-refractivity contribution in [1.29, 1.82) is 0 Å². The van der Waals surface area contributed by atoms with E-state index in [0.29, 0.717) is 17.1 Å². The lowest BCUT2D eigenvalue weighted by Gasteiger charge is -2.41. The molecule has 0 atom stereocenters. The molecule has 5 heteroatoms. The quantitative estimate of drug-likeness (QED) is 0.846. The van der Waals surface area contributed by atoms with Crippen molar-refractivity contribution < 1.29 is 14.3 Å². The van der Waals surface area contributed by atoms with Gasteiger partial charge in [-0.15, -0.1) is 0 Å². The smallest absolute Gasteiger partial charge is 0.252 e. The van der Waals surface area contributed by atoms with E-state index in [1.807, 2.05) is 0 Å². The third-order valence-electron chi connectivity index (χ3n) is 3.56. The van der Waals surface area contributed by atoms with E-state index in [-0.39, 0.29) is 11.4 Å². The van der Waals surface area contributed by atoms with E-state index in [0.717, 1.165) is 24.6 Å². The molecule has 0 unspecified atom stereocenters. The maximum absolute atomic E-state index is 12.3. The molecule has 1 N–H and O–H groups in total. The molecule has 1 aliphatic carbocycles. The molecule has 1 aliphatic rings. The summed E-state index contributed by atoms with van der Waals surface area (Å²) in [6.45, 7) is 0. The number of hydrogen-bond donors (Lipinski definition) is 1. The summed E-state index contributed by atoms with van der Waals surface area (Å²) in [5.74, 6) is 1.15. The first-order valence-electron chi connectivity index (χ1n) is 6.24. The molecule has 0 radical (unpaired) electrons. The Bertz CT molecular complexity index is 444. The molecule has 1 aromatic carbocycles. The second-order valence-electron chi connectivity index (χ2n) is 4.82. The predicted molar refractivity (Wildman–Crippen MR) is 77.4 cm³/mol. The standard InChI is InChI=1S/C14H18BrNO3/c1-18-11-6-10(7-12(8-11)19-2)13(17)16-14(9-15)4-3-5-14/h6-8H,3-5,9H2,1-2H3,(H,16,17). The molecule has 4 nitrogen and oxygen atoms in total. The van der Waals surface area contributed by atoms with Crippen molar-refractivity contribution >= 4 is 21.8 Å². The van der Waals surface area contributed by atoms with Gasteiger partial charge in [0, 0.05) is 17.0 Å². The summed E-state index contributed by atoms with van der Waals surface area (Å²) < 4.78 is 10.4. The van der Waals surface area contributed by atoms with Crippen molar-refractivity contribution in [3.8, 4) is 11.5 Å². The van der Waals surface area contributed by atoms with E-state index in [1.165, 1.54) is 0 Å². The van der Waals surface area contributed by atoms with Crippen molar-refractivity contribution in [2.24, 2.45) is 0 Å². The zero-order valence-corrected chi connectivity index (χ0v) is 12.7. The zero-order valence-electron chi connectivity index (χ0n) is 11.2. The SMILES string of the molecule is COc1cc(OC)cc(C(=O)NC2(CBr)CCC2)c1. The van der Waals surface area contributed by atoms with E-state index >= 15 is 0 Å². The molecule has 2 rings (SSSR count). The minimum atomic E-state index is -0.0899. The fourth-order valence-corrected chi connectivity index (χ4v) is 2.85. The minimum absolute atomic E-state index is 0.0867. The van der Waals surface area contributed by atoms with Crippen LogP contribution in [0.15, 0.2) is 18.2 Å². The van der Waals surface area contributed by atoms with Gasteiger partial charge in [0.25, 0.3) is 5.91 Å². The second-order valence-corrected chi connectivity index (χ2v) is 5.38. The number of carbonyl (C=O) groups is 1. The highest BCUT2D eigenvalue weighted by molar-refractivity contribution is 9.09. The number of carbonyl (C=O) groups excluding carboxylic acids is 1. The number of methoxy groups -OCH3 is 2. The lowest BCUT2D eigenvalue weighted by Crippen LogP contribution is -2.54. The van der Waals surface area contributed by atoms with Crippen molar-refractivity contribution in [3.05, 3.63) is 23.8 Å². The maximum Gasteiger partial charge on any atom is 0.252 e. The zero-order chi connectivity index (χ0) is 13.9. The van der Waals surface area contributed by atoms with Crippen LogP contribution in [0.1, 0.15) is 29.6 Å². The first kappa shape index (κ1) is 14.2. The van der Waals surface area contributed by atoms with Crippen molar-refractivity contribution in [1.82, 2.24) is 5.32 Å². The molecule has 0 spiro atoms. The summed E-state index contributed by atoms with van der Waals surface area (Å²) in [4.78, 5) is 12.3. The number of halogens is 1. The highest BCUT2D eigenvalue weighted by atomic mass is 79.9. The molecule has 104 valence electrons. The average molecular weight is 328 g/mol. The third-order valence-corrected chi connectivity index (χ3v) is 4.63. The Balaban J connectivity index is 2.18. The molecular formula is C14H18BrNO3. The van der Waals surface area contributed by atoms with E-state index in [1.54, 1.807) is 32.4 Å². The molecule has 19 heavy (non-hydrogen) atoms. The molecule has 1 saturated carbocycles. The van der Waals surface area contributed by atoms with Crippen LogP contribution >= 0.6 is 15.9 Å². The average Bonchev–Trinajstić information content (AvgIpc) is 2.41. The Kier molecular flexibility index (Phi) is 4.34. The van der Waals surface area contributed by atoms with Gasteiger partial charge in [-0.3, -0.25) is 4.79 Å². The maximum atomic E-state index is 12.3. The first-order chi connectivity index (χ1) is 9.12. The number of amides is 1. The molecule has 0 aliphatic heterocycles. The Labute approximate surface area is 121 Å². The lowest BCUT2D eigenvalue weighted by atomic mass is 9.78. The van der Waals surface area contributed by atoms with Crippen LogP contribution in [0.25, 0.3) is 0 Å². The van der Waals surface area contributed by atoms with Crippen LogP contribution in [0.3, 0.4) is 0 Å². The molecule has 0 heterocycles. The molecule has 0 bridgehead atoms. The van der Waals surface area contributed by atoms with Crippen LogP contribution in [0.4, 0.5) is 0 Å². The van der Waals surface area contributed by atoms with Gasteiger partial charge in [-0.1, -0.05) is 15.9 Å². The van der Waals surface area contributed by atoms with E-state index < -0.39 is 0 Å². The van der Waals surface area contributed by atoms with Crippen LogP contribution < -0.4 is 14.8 Å². The molecule has 0 aromatic heterocycles. The van der Waals surface area contributed by atoms with Crippen LogP contribution in [-0.4, -0.2) is 31.0 Å². The van der Waals surface area contributed by atoms with Crippen molar-refractivity contribution in [3.63, 3.8) is 0 Å². The van der Waals surface area contributed by atoms with Gasteiger partial charge in [0.2, 0.25) is 0 Å². The van der Waals surface area contributed by atoms with Gasteiger partial charge in [0.05, 0.1) is 19.8 Å². The minimum Gasteiger partial charge on any atom is -0.497 e. The van der Waals surface area contributed by atoms with Gasteiger partial charge in [0.15, 0.2) is 0 Å². The molecule has 1 amide bonds. The first-order valence-corrected chi connectivity index (χ1v) is 7.36. The second kappa shape index (κ2) is 5.82.